The predicted molar refractivity (Wildman–Crippen MR) is 140 cm³/mol. The maximum Gasteiger partial charge on any atom is 0.331 e. The second-order valence-electron chi connectivity index (χ2n) is 9.18. The largest absolute Gasteiger partial charge is 0.340 e. The van der Waals surface area contributed by atoms with Crippen LogP contribution in [0, 0.1) is 5.92 Å². The van der Waals surface area contributed by atoms with E-state index in [1.54, 1.807) is 0 Å². The fourth-order valence-corrected chi connectivity index (χ4v) is 4.60. The van der Waals surface area contributed by atoms with Crippen LogP contribution in [0.5, 0.6) is 0 Å². The van der Waals surface area contributed by atoms with E-state index in [-0.39, 0.29) is 5.78 Å². The van der Waals surface area contributed by atoms with Gasteiger partial charge in [-0.1, -0.05) is 76.2 Å². The molecule has 5 heteroatoms. The Morgan fingerprint density at radius 3 is 2.38 bits per heavy atom. The Bertz CT molecular complexity index is 1160. The summed E-state index contributed by atoms with van der Waals surface area (Å²) in [7, 11) is 0. The molecular formula is C29H38N2O3. The minimum absolute atomic E-state index is 0.175. The number of oxime groups is 1. The lowest BCUT2D eigenvalue weighted by Gasteiger charge is -2.17. The van der Waals surface area contributed by atoms with Crippen LogP contribution in [0.25, 0.3) is 21.8 Å². The van der Waals surface area contributed by atoms with Crippen molar-refractivity contribution in [3.05, 3.63) is 48.0 Å². The standard InChI is InChI=1S/C29H38N2O3/c1-5-8-10-15-26(30-34-21(4)32)29(33)23-17-18-28-25(19-23)24-14-11-12-16-27(24)31(28)20-22(7-3)13-9-6-2/h11-12,14,16-19,22H,5-10,13,15,20H2,1-4H3/b30-26+. The lowest BCUT2D eigenvalue weighted by molar-refractivity contribution is -0.140. The van der Waals surface area contributed by atoms with Crippen molar-refractivity contribution in [3.63, 3.8) is 0 Å². The number of carbonyl (C=O) groups is 2. The second-order valence-corrected chi connectivity index (χ2v) is 9.18. The molecule has 0 amide bonds. The number of unbranched alkanes of at least 4 members (excludes halogenated alkanes) is 3. The first-order chi connectivity index (χ1) is 16.5. The van der Waals surface area contributed by atoms with Gasteiger partial charge < -0.3 is 9.40 Å². The Morgan fingerprint density at radius 1 is 0.941 bits per heavy atom. The van der Waals surface area contributed by atoms with E-state index in [4.69, 9.17) is 4.84 Å². The number of hydrogen-bond acceptors (Lipinski definition) is 4. The number of Topliss-reactive ketones (excluding diaryl/α,β-unsaturated/α-hetero) is 1. The van der Waals surface area contributed by atoms with Crippen LogP contribution >= 0.6 is 0 Å². The van der Waals surface area contributed by atoms with E-state index >= 15 is 0 Å². The minimum atomic E-state index is -0.520. The number of para-hydroxylation sites is 1. The van der Waals surface area contributed by atoms with Crippen molar-refractivity contribution < 1.29 is 14.4 Å². The fraction of sp³-hybridized carbons (Fsp3) is 0.483. The molecule has 1 aromatic heterocycles. The Morgan fingerprint density at radius 2 is 1.68 bits per heavy atom. The van der Waals surface area contributed by atoms with Gasteiger partial charge in [0.2, 0.25) is 5.78 Å². The second kappa shape index (κ2) is 12.5. The van der Waals surface area contributed by atoms with Gasteiger partial charge in [0.1, 0.15) is 5.71 Å². The summed E-state index contributed by atoms with van der Waals surface area (Å²) in [4.78, 5) is 29.5. The number of benzene rings is 2. The Hall–Kier alpha value is -2.95. The van der Waals surface area contributed by atoms with Crippen LogP contribution in [0.15, 0.2) is 47.6 Å². The van der Waals surface area contributed by atoms with Gasteiger partial charge in [0.25, 0.3) is 0 Å². The number of nitrogens with zero attached hydrogens (tertiary/aromatic N) is 2. The zero-order chi connectivity index (χ0) is 24.5. The van der Waals surface area contributed by atoms with Crippen molar-refractivity contribution in [3.8, 4) is 0 Å². The van der Waals surface area contributed by atoms with Gasteiger partial charge in [0, 0.05) is 40.8 Å². The highest BCUT2D eigenvalue weighted by Gasteiger charge is 2.19. The van der Waals surface area contributed by atoms with E-state index < -0.39 is 5.97 Å². The smallest absolute Gasteiger partial charge is 0.331 e. The molecule has 0 fully saturated rings. The number of hydrogen-bond donors (Lipinski definition) is 0. The monoisotopic (exact) mass is 462 g/mol. The summed E-state index contributed by atoms with van der Waals surface area (Å²) in [5.41, 5.74) is 3.24. The molecule has 3 rings (SSSR count). The first-order valence-corrected chi connectivity index (χ1v) is 12.8. The van der Waals surface area contributed by atoms with Gasteiger partial charge in [0.05, 0.1) is 0 Å². The molecule has 3 aromatic rings. The third-order valence-electron chi connectivity index (χ3n) is 6.58. The van der Waals surface area contributed by atoms with Gasteiger partial charge in [-0.05, 0) is 49.4 Å². The molecule has 2 aromatic carbocycles. The molecule has 0 N–H and O–H groups in total. The van der Waals surface area contributed by atoms with E-state index in [0.29, 0.717) is 23.6 Å². The summed E-state index contributed by atoms with van der Waals surface area (Å²) in [5.74, 6) is -0.0698. The summed E-state index contributed by atoms with van der Waals surface area (Å²) in [6.07, 6.45) is 8.20. The molecule has 182 valence electrons. The molecule has 0 saturated carbocycles. The SMILES string of the molecule is CCCCC/C(=N\OC(C)=O)C(=O)c1ccc2c(c1)c1ccccc1n2CC(CC)CCCC. The molecule has 34 heavy (non-hydrogen) atoms. The molecule has 0 aliphatic heterocycles. The van der Waals surface area contributed by atoms with E-state index in [1.165, 1.54) is 31.7 Å². The van der Waals surface area contributed by atoms with Gasteiger partial charge in [-0.25, -0.2) is 4.79 Å². The third-order valence-corrected chi connectivity index (χ3v) is 6.58. The highest BCUT2D eigenvalue weighted by molar-refractivity contribution is 6.46. The summed E-state index contributed by atoms with van der Waals surface area (Å²) < 4.78 is 2.41. The highest BCUT2D eigenvalue weighted by Crippen LogP contribution is 2.32. The van der Waals surface area contributed by atoms with E-state index in [1.807, 2.05) is 18.2 Å². The lowest BCUT2D eigenvalue weighted by Crippen LogP contribution is -2.16. The summed E-state index contributed by atoms with van der Waals surface area (Å²) in [6, 6.07) is 14.3. The molecule has 5 nitrogen and oxygen atoms in total. The zero-order valence-electron chi connectivity index (χ0n) is 21.1. The first-order valence-electron chi connectivity index (χ1n) is 12.8. The predicted octanol–water partition coefficient (Wildman–Crippen LogP) is 7.69. The molecule has 0 aliphatic rings. The van der Waals surface area contributed by atoms with Gasteiger partial charge in [0.15, 0.2) is 0 Å². The average Bonchev–Trinajstić information content (AvgIpc) is 3.16. The van der Waals surface area contributed by atoms with Crippen LogP contribution in [0.3, 0.4) is 0 Å². The summed E-state index contributed by atoms with van der Waals surface area (Å²) in [5, 5.41) is 6.14. The van der Waals surface area contributed by atoms with E-state index in [0.717, 1.165) is 48.5 Å². The molecule has 0 radical (unpaired) electrons. The molecule has 0 saturated heterocycles. The number of fused-ring (bicyclic) bond motifs is 3. The number of carbonyl (C=O) groups excluding carboxylic acids is 2. The quantitative estimate of drug-likeness (QED) is 0.0860. The minimum Gasteiger partial charge on any atom is -0.340 e. The molecule has 0 bridgehead atoms. The molecule has 0 aliphatic carbocycles. The molecule has 0 spiro atoms. The number of rotatable bonds is 13. The van der Waals surface area contributed by atoms with Crippen LogP contribution in [-0.4, -0.2) is 22.0 Å². The highest BCUT2D eigenvalue weighted by atomic mass is 16.7. The van der Waals surface area contributed by atoms with Crippen LogP contribution in [0.4, 0.5) is 0 Å². The van der Waals surface area contributed by atoms with Crippen LogP contribution in [0.2, 0.25) is 0 Å². The van der Waals surface area contributed by atoms with Crippen LogP contribution in [0.1, 0.15) is 89.4 Å². The number of ketones is 1. The van der Waals surface area contributed by atoms with Crippen molar-refractivity contribution in [1.82, 2.24) is 4.57 Å². The first kappa shape index (κ1) is 25.7. The third kappa shape index (κ3) is 6.13. The summed E-state index contributed by atoms with van der Waals surface area (Å²) in [6.45, 7) is 8.90. The van der Waals surface area contributed by atoms with Gasteiger partial charge in [-0.2, -0.15) is 0 Å². The Kier molecular flexibility index (Phi) is 9.43. The normalized spacial score (nSPS) is 12.9. The number of aromatic nitrogens is 1. The van der Waals surface area contributed by atoms with Crippen LogP contribution < -0.4 is 0 Å². The summed E-state index contributed by atoms with van der Waals surface area (Å²) >= 11 is 0. The van der Waals surface area contributed by atoms with Crippen molar-refractivity contribution in [2.75, 3.05) is 0 Å². The van der Waals surface area contributed by atoms with Crippen molar-refractivity contribution in [2.24, 2.45) is 11.1 Å². The molecular weight excluding hydrogens is 424 g/mol. The van der Waals surface area contributed by atoms with Gasteiger partial charge in [-0.3, -0.25) is 4.79 Å². The molecule has 1 heterocycles. The van der Waals surface area contributed by atoms with Crippen molar-refractivity contribution >= 4 is 39.3 Å². The van der Waals surface area contributed by atoms with E-state index in [2.05, 4.69) is 54.8 Å². The zero-order valence-corrected chi connectivity index (χ0v) is 21.1. The van der Waals surface area contributed by atoms with Crippen molar-refractivity contribution in [2.45, 2.75) is 85.6 Å². The van der Waals surface area contributed by atoms with Gasteiger partial charge >= 0.3 is 5.97 Å². The maximum atomic E-state index is 13.4. The lowest BCUT2D eigenvalue weighted by atomic mass is 9.99. The molecule has 1 unspecified atom stereocenters. The maximum absolute atomic E-state index is 13.4. The molecule has 1 atom stereocenters. The van der Waals surface area contributed by atoms with Crippen LogP contribution in [-0.2, 0) is 16.2 Å². The Balaban J connectivity index is 2.01. The van der Waals surface area contributed by atoms with Gasteiger partial charge in [-0.15, -0.1) is 0 Å². The average molecular weight is 463 g/mol. The Labute approximate surface area is 203 Å². The fourth-order valence-electron chi connectivity index (χ4n) is 4.60. The topological polar surface area (TPSA) is 60.7 Å². The van der Waals surface area contributed by atoms with Crippen molar-refractivity contribution in [1.29, 1.82) is 0 Å². The van der Waals surface area contributed by atoms with E-state index in [9.17, 15) is 9.59 Å².